The van der Waals surface area contributed by atoms with Crippen LogP contribution in [0, 0.1) is 0 Å². The molecule has 166 valence electrons. The van der Waals surface area contributed by atoms with Crippen molar-refractivity contribution in [3.63, 3.8) is 0 Å². The first-order chi connectivity index (χ1) is 16.1. The summed E-state index contributed by atoms with van der Waals surface area (Å²) in [4.78, 5) is 12.0. The predicted octanol–water partition coefficient (Wildman–Crippen LogP) is 5.04. The Kier molecular flexibility index (Phi) is 7.18. The highest BCUT2D eigenvalue weighted by atomic mass is 32.4. The fourth-order valence-electron chi connectivity index (χ4n) is 3.47. The molecule has 7 heteroatoms. The van der Waals surface area contributed by atoms with E-state index in [-0.39, 0.29) is 12.5 Å². The van der Waals surface area contributed by atoms with E-state index in [1.807, 2.05) is 115 Å². The van der Waals surface area contributed by atoms with Gasteiger partial charge in [-0.25, -0.2) is 4.76 Å². The molecule has 1 unspecified atom stereocenters. The minimum Gasteiger partial charge on any atom is -0.468 e. The number of carbonyl (C=O) groups is 1. The first-order valence-electron chi connectivity index (χ1n) is 10.5. The molecule has 33 heavy (non-hydrogen) atoms. The summed E-state index contributed by atoms with van der Waals surface area (Å²) in [5.41, 5.74) is 2.53. The highest BCUT2D eigenvalue weighted by Crippen LogP contribution is 2.56. The van der Waals surface area contributed by atoms with Gasteiger partial charge in [0.1, 0.15) is 12.0 Å². The number of esters is 1. The van der Waals surface area contributed by atoms with Gasteiger partial charge in [0.15, 0.2) is 6.34 Å². The Balaban J connectivity index is 2.01. The third-order valence-electron chi connectivity index (χ3n) is 5.05. The van der Waals surface area contributed by atoms with E-state index >= 15 is 0 Å². The summed E-state index contributed by atoms with van der Waals surface area (Å²) < 4.78 is 14.0. The van der Waals surface area contributed by atoms with Crippen LogP contribution in [0.5, 0.6) is 0 Å². The topological polar surface area (TPSA) is 46.8 Å². The van der Waals surface area contributed by atoms with Crippen LogP contribution in [0.15, 0.2) is 120 Å². The largest absolute Gasteiger partial charge is 0.468 e. The van der Waals surface area contributed by atoms with Gasteiger partial charge in [0.2, 0.25) is 0 Å². The normalized spacial score (nSPS) is 13.2. The molecule has 1 aromatic heterocycles. The lowest BCUT2D eigenvalue weighted by Gasteiger charge is -2.34. The van der Waals surface area contributed by atoms with Gasteiger partial charge in [-0.1, -0.05) is 72.8 Å². The molecule has 0 aliphatic heterocycles. The smallest absolute Gasteiger partial charge is 0.325 e. The van der Waals surface area contributed by atoms with Crippen LogP contribution in [0.1, 0.15) is 0 Å². The van der Waals surface area contributed by atoms with Crippen molar-refractivity contribution in [1.29, 1.82) is 0 Å². The van der Waals surface area contributed by atoms with Crippen LogP contribution >= 0.6 is 6.34 Å². The fraction of sp³-hybridized carbons (Fsp3) is 0.0769. The molecule has 0 bridgehead atoms. The van der Waals surface area contributed by atoms with E-state index in [1.54, 1.807) is 4.57 Å². The van der Waals surface area contributed by atoms with E-state index in [2.05, 4.69) is 4.67 Å². The van der Waals surface area contributed by atoms with Gasteiger partial charge in [-0.3, -0.25) is 9.46 Å². The van der Waals surface area contributed by atoms with Crippen LogP contribution in [0.2, 0.25) is 0 Å². The van der Waals surface area contributed by atoms with Crippen LogP contribution in [0.25, 0.3) is 0 Å². The molecule has 0 spiro atoms. The second-order valence-corrected chi connectivity index (χ2v) is 11.0. The number of ether oxygens (including phenoxy) is 1. The van der Waals surface area contributed by atoms with E-state index in [4.69, 9.17) is 21.3 Å². The molecular weight excluding hydrogens is 449 g/mol. The third kappa shape index (κ3) is 5.14. The zero-order chi connectivity index (χ0) is 23.1. The van der Waals surface area contributed by atoms with Crippen LogP contribution in [-0.2, 0) is 27.9 Å². The molecule has 1 heterocycles. The Morgan fingerprint density at radius 1 is 0.848 bits per heavy atom. The summed E-state index contributed by atoms with van der Waals surface area (Å²) in [6.45, 7) is 0.0525. The number of para-hydroxylation sites is 2. The Labute approximate surface area is 198 Å². The zero-order valence-corrected chi connectivity index (χ0v) is 19.9. The van der Waals surface area contributed by atoms with Gasteiger partial charge in [-0.2, -0.15) is 0 Å². The second-order valence-electron chi connectivity index (χ2n) is 7.23. The lowest BCUT2D eigenvalue weighted by Crippen LogP contribution is -2.27. The highest BCUT2D eigenvalue weighted by Gasteiger charge is 2.29. The first kappa shape index (κ1) is 22.7. The molecule has 0 amide bonds. The molecule has 1 atom stereocenters. The summed E-state index contributed by atoms with van der Waals surface area (Å²) in [6, 6.07) is 35.7. The Hall–Kier alpha value is -3.47. The van der Waals surface area contributed by atoms with Crippen molar-refractivity contribution in [3.8, 4) is 0 Å². The van der Waals surface area contributed by atoms with E-state index in [0.717, 1.165) is 16.7 Å². The number of aromatic nitrogens is 1. The van der Waals surface area contributed by atoms with Gasteiger partial charge in [0.25, 0.3) is 0 Å². The van der Waals surface area contributed by atoms with Crippen molar-refractivity contribution in [2.45, 2.75) is 6.54 Å². The molecule has 0 saturated heterocycles. The maximum absolute atomic E-state index is 12.0. The fourth-order valence-corrected chi connectivity index (χ4v) is 7.01. The highest BCUT2D eigenvalue weighted by molar-refractivity contribution is 8.18. The molecule has 4 aromatic rings. The van der Waals surface area contributed by atoms with Gasteiger partial charge >= 0.3 is 5.97 Å². The number of hydrogen-bond donors (Lipinski definition) is 0. The van der Waals surface area contributed by atoms with Crippen LogP contribution < -0.4 is 15.5 Å². The molecule has 0 radical (unpaired) electrons. The quantitative estimate of drug-likeness (QED) is 0.279. The minimum atomic E-state index is -2.81. The lowest BCUT2D eigenvalue weighted by molar-refractivity contribution is -0.141. The number of nitrogens with zero attached hydrogens (tertiary/aromatic N) is 3. The van der Waals surface area contributed by atoms with E-state index in [9.17, 15) is 4.79 Å². The number of rotatable bonds is 7. The van der Waals surface area contributed by atoms with Crippen LogP contribution in [0.3, 0.4) is 0 Å². The maximum Gasteiger partial charge on any atom is 0.325 e. The number of carbonyl (C=O) groups excluding carboxylic acids is 1. The van der Waals surface area contributed by atoms with Crippen molar-refractivity contribution in [1.82, 2.24) is 4.57 Å². The van der Waals surface area contributed by atoms with Gasteiger partial charge < -0.3 is 9.30 Å². The van der Waals surface area contributed by atoms with E-state index in [0.29, 0.717) is 5.49 Å². The summed E-state index contributed by atoms with van der Waals surface area (Å²) in [5.74, 6) is -0.348. The van der Waals surface area contributed by atoms with Crippen molar-refractivity contribution in [2.75, 3.05) is 11.8 Å². The van der Waals surface area contributed by atoms with Gasteiger partial charge in [0, 0.05) is 22.9 Å². The predicted molar refractivity (Wildman–Crippen MR) is 137 cm³/mol. The minimum absolute atomic E-state index is 0.0525. The van der Waals surface area contributed by atoms with Crippen molar-refractivity contribution < 1.29 is 9.53 Å². The third-order valence-corrected chi connectivity index (χ3v) is 8.87. The van der Waals surface area contributed by atoms with Gasteiger partial charge in [-0.15, -0.1) is 0 Å². The molecular formula is C26H24N3O2PS. The Morgan fingerprint density at radius 3 is 1.91 bits per heavy atom. The Bertz CT molecular complexity index is 1290. The number of benzene rings is 3. The number of pyridine rings is 1. The summed E-state index contributed by atoms with van der Waals surface area (Å²) >= 11 is 6.48. The molecule has 0 aliphatic carbocycles. The lowest BCUT2D eigenvalue weighted by atomic mass is 10.3. The van der Waals surface area contributed by atoms with Crippen molar-refractivity contribution >= 4 is 40.8 Å². The Morgan fingerprint density at radius 2 is 1.36 bits per heavy atom. The summed E-state index contributed by atoms with van der Waals surface area (Å²) in [7, 11) is 1.38. The standard InChI is InChI=1S/C26H24N3O2PS/c1-31-26(30)21-28-20-12-11-19-25(28)27-32(33,24-17-9-4-10-18-24)29(22-13-5-2-6-14-22)23-15-7-3-8-16-23/h2-20H,21H2,1H3/b27-25+. The zero-order valence-electron chi connectivity index (χ0n) is 18.2. The summed E-state index contributed by atoms with van der Waals surface area (Å²) in [5, 5.41) is 0.946. The second kappa shape index (κ2) is 10.4. The first-order valence-corrected chi connectivity index (χ1v) is 13.2. The van der Waals surface area contributed by atoms with Gasteiger partial charge in [-0.05, 0) is 48.2 Å². The average Bonchev–Trinajstić information content (AvgIpc) is 2.87. The molecule has 3 aromatic carbocycles. The number of methoxy groups -OCH3 is 1. The van der Waals surface area contributed by atoms with Crippen molar-refractivity contribution in [3.05, 3.63) is 121 Å². The molecule has 0 saturated carbocycles. The molecule has 0 N–H and O–H groups in total. The van der Waals surface area contributed by atoms with Gasteiger partial charge in [0.05, 0.1) is 7.11 Å². The molecule has 4 rings (SSSR count). The van der Waals surface area contributed by atoms with E-state index in [1.165, 1.54) is 7.11 Å². The maximum atomic E-state index is 12.0. The van der Waals surface area contributed by atoms with E-state index < -0.39 is 6.34 Å². The molecule has 0 aliphatic rings. The molecule has 5 nitrogen and oxygen atoms in total. The van der Waals surface area contributed by atoms with Crippen LogP contribution in [0.4, 0.5) is 11.4 Å². The summed E-state index contributed by atoms with van der Waals surface area (Å²) in [6.07, 6.45) is -0.992. The molecule has 0 fully saturated rings. The number of hydrogen-bond acceptors (Lipinski definition) is 3. The SMILES string of the molecule is COC(=O)Cn1cccc/c1=N\P(=S)(c1ccccc1)N(c1ccccc1)c1ccccc1. The number of anilines is 2. The van der Waals surface area contributed by atoms with Crippen LogP contribution in [-0.4, -0.2) is 17.6 Å². The monoisotopic (exact) mass is 473 g/mol. The average molecular weight is 474 g/mol. The van der Waals surface area contributed by atoms with Crippen molar-refractivity contribution in [2.24, 2.45) is 4.76 Å².